The molecule has 0 bridgehead atoms. The molecule has 0 amide bonds. The molecule has 282 valence electrons. The van der Waals surface area contributed by atoms with Crippen LogP contribution in [0.3, 0.4) is 0 Å². The van der Waals surface area contributed by atoms with Gasteiger partial charge < -0.3 is 31.5 Å². The van der Waals surface area contributed by atoms with Crippen molar-refractivity contribution < 1.29 is 27.6 Å². The minimum absolute atomic E-state index is 0.179. The number of nitrogens with one attached hydrogen (secondary N) is 5. The molecule has 0 aliphatic rings. The van der Waals surface area contributed by atoms with Crippen molar-refractivity contribution in [3.63, 3.8) is 0 Å². The third-order valence-corrected chi connectivity index (χ3v) is 9.17. The molecule has 6 aromatic rings. The van der Waals surface area contributed by atoms with E-state index in [1.165, 1.54) is 18.2 Å². The predicted octanol–water partition coefficient (Wildman–Crippen LogP) is 6.98. The van der Waals surface area contributed by atoms with Gasteiger partial charge >= 0.3 is 0 Å². The fraction of sp³-hybridized carbons (Fsp3) is 0.0857. The molecule has 0 aliphatic carbocycles. The van der Waals surface area contributed by atoms with Gasteiger partial charge in [0.25, 0.3) is 10.1 Å². The number of aromatic nitrogens is 6. The molecule has 4 aromatic carbocycles. The molecule has 20 heteroatoms. The Morgan fingerprint density at radius 2 is 1.16 bits per heavy atom. The Balaban J connectivity index is 1.26. The fourth-order valence-corrected chi connectivity index (χ4v) is 6.19. The van der Waals surface area contributed by atoms with Gasteiger partial charge in [-0.1, -0.05) is 65.7 Å². The maximum absolute atomic E-state index is 12.7. The Labute approximate surface area is 320 Å². The fourth-order valence-electron chi connectivity index (χ4n) is 4.97. The van der Waals surface area contributed by atoms with Crippen molar-refractivity contribution in [2.75, 3.05) is 52.6 Å². The van der Waals surface area contributed by atoms with Crippen LogP contribution in [0.1, 0.15) is 11.1 Å². The second kappa shape index (κ2) is 17.6. The van der Waals surface area contributed by atoms with E-state index in [9.17, 15) is 13.0 Å². The van der Waals surface area contributed by atoms with Gasteiger partial charge in [0, 0.05) is 48.8 Å². The van der Waals surface area contributed by atoms with E-state index in [1.54, 1.807) is 56.4 Å². The lowest BCUT2D eigenvalue weighted by atomic mass is 10.1. The van der Waals surface area contributed by atoms with Crippen LogP contribution in [0.4, 0.5) is 58.4 Å². The Hall–Kier alpha value is -6.42. The van der Waals surface area contributed by atoms with Gasteiger partial charge in [0.1, 0.15) is 4.90 Å². The summed E-state index contributed by atoms with van der Waals surface area (Å²) in [6.45, 7) is 0. The number of rotatable bonds is 16. The van der Waals surface area contributed by atoms with Crippen molar-refractivity contribution in [3.05, 3.63) is 108 Å². The van der Waals surface area contributed by atoms with Crippen LogP contribution in [0.2, 0.25) is 0 Å². The van der Waals surface area contributed by atoms with Crippen molar-refractivity contribution in [1.82, 2.24) is 29.9 Å². The largest absolute Gasteiger partial charge is 0.357 e. The lowest BCUT2D eigenvalue weighted by Gasteiger charge is -2.19. The maximum atomic E-state index is 12.7. The van der Waals surface area contributed by atoms with E-state index in [2.05, 4.69) is 61.5 Å². The Bertz CT molecular complexity index is 2390. The monoisotopic (exact) mass is 782 g/mol. The van der Waals surface area contributed by atoms with Crippen molar-refractivity contribution >= 4 is 92.8 Å². The number of anilines is 10. The van der Waals surface area contributed by atoms with Crippen LogP contribution in [0.15, 0.2) is 107 Å². The minimum Gasteiger partial charge on any atom is -0.357 e. The Morgan fingerprint density at radius 1 is 0.655 bits per heavy atom. The first-order valence-corrected chi connectivity index (χ1v) is 18.4. The van der Waals surface area contributed by atoms with Gasteiger partial charge in [-0.3, -0.25) is 4.55 Å². The van der Waals surface area contributed by atoms with E-state index in [-0.39, 0.29) is 34.3 Å². The maximum Gasteiger partial charge on any atom is 0.295 e. The standard InChI is InChI=1S/C35H34N12O6S2/c1-36-30-41-32(38-24-10-6-4-7-11-24)44-33(42-30)40-26-18-16-22(28(20-26)54-53-52-48)14-15-23-17-19-27(21-29(23)55(49,50)51)47(3)35-45-31(37-2)43-34(46-35)39-25-12-8-5-9-13-25/h4-21,48H,1-3H3,(H,49,50,51)(H2,37,39,43,45,46)(H3,36,38,40,41,42,44)/b15-14+. The molecule has 0 atom stereocenters. The van der Waals surface area contributed by atoms with Gasteiger partial charge in [-0.05, 0) is 59.7 Å². The zero-order chi connectivity index (χ0) is 38.8. The van der Waals surface area contributed by atoms with Gasteiger partial charge in [0.15, 0.2) is 0 Å². The Kier molecular flexibility index (Phi) is 12.3. The summed E-state index contributed by atoms with van der Waals surface area (Å²) in [5.74, 6) is 1.57. The molecule has 55 heavy (non-hydrogen) atoms. The van der Waals surface area contributed by atoms with Crippen LogP contribution in [-0.2, 0) is 19.5 Å². The summed E-state index contributed by atoms with van der Waals surface area (Å²) in [6.07, 6.45) is 3.12. The first-order chi connectivity index (χ1) is 26.6. The van der Waals surface area contributed by atoms with Gasteiger partial charge in [-0.2, -0.15) is 38.3 Å². The number of nitrogens with zero attached hydrogens (tertiary/aromatic N) is 7. The van der Waals surface area contributed by atoms with E-state index in [4.69, 9.17) is 9.59 Å². The highest BCUT2D eigenvalue weighted by Gasteiger charge is 2.19. The molecular formula is C35H34N12O6S2. The average Bonchev–Trinajstić information content (AvgIpc) is 3.19. The molecule has 0 saturated carbocycles. The zero-order valence-corrected chi connectivity index (χ0v) is 31.0. The van der Waals surface area contributed by atoms with Crippen molar-refractivity contribution in [2.45, 2.75) is 9.79 Å². The molecule has 0 radical (unpaired) electrons. The van der Waals surface area contributed by atoms with Gasteiger partial charge in [0.2, 0.25) is 35.7 Å². The number of benzene rings is 4. The van der Waals surface area contributed by atoms with Crippen molar-refractivity contribution in [1.29, 1.82) is 0 Å². The molecule has 0 aliphatic heterocycles. The Morgan fingerprint density at radius 3 is 1.75 bits per heavy atom. The quantitative estimate of drug-likeness (QED) is 0.0172. The van der Waals surface area contributed by atoms with Gasteiger partial charge in [0.05, 0.1) is 12.0 Å². The molecule has 6 rings (SSSR count). The second-order valence-electron chi connectivity index (χ2n) is 11.3. The van der Waals surface area contributed by atoms with Crippen LogP contribution in [0.5, 0.6) is 0 Å². The van der Waals surface area contributed by atoms with E-state index in [0.717, 1.165) is 11.4 Å². The molecule has 0 spiro atoms. The summed E-state index contributed by atoms with van der Waals surface area (Å²) in [5, 5.41) is 27.9. The summed E-state index contributed by atoms with van der Waals surface area (Å²) >= 11 is 0.693. The average molecular weight is 783 g/mol. The predicted molar refractivity (Wildman–Crippen MR) is 212 cm³/mol. The smallest absolute Gasteiger partial charge is 0.295 e. The van der Waals surface area contributed by atoms with Gasteiger partial charge in [-0.15, -0.1) is 4.33 Å². The second-order valence-corrected chi connectivity index (χ2v) is 13.4. The van der Waals surface area contributed by atoms with E-state index >= 15 is 0 Å². The molecule has 0 fully saturated rings. The van der Waals surface area contributed by atoms with Crippen LogP contribution in [0.25, 0.3) is 12.2 Å². The summed E-state index contributed by atoms with van der Waals surface area (Å²) < 4.78 is 40.4. The third-order valence-electron chi connectivity index (χ3n) is 7.59. The highest BCUT2D eigenvalue weighted by Crippen LogP contribution is 2.32. The summed E-state index contributed by atoms with van der Waals surface area (Å²) in [4.78, 5) is 28.1. The van der Waals surface area contributed by atoms with E-state index < -0.39 is 10.1 Å². The zero-order valence-electron chi connectivity index (χ0n) is 29.4. The molecular weight excluding hydrogens is 749 g/mol. The van der Waals surface area contributed by atoms with Crippen LogP contribution in [0, 0.1) is 0 Å². The van der Waals surface area contributed by atoms with Crippen molar-refractivity contribution in [3.8, 4) is 0 Å². The van der Waals surface area contributed by atoms with E-state index in [0.29, 0.717) is 45.8 Å². The molecule has 0 unspecified atom stereocenters. The minimum atomic E-state index is -4.71. The topological polar surface area (TPSA) is 234 Å². The normalized spacial score (nSPS) is 11.3. The molecule has 18 nitrogen and oxygen atoms in total. The first kappa shape index (κ1) is 38.3. The van der Waals surface area contributed by atoms with Crippen LogP contribution in [-0.4, -0.2) is 69.3 Å². The number of para-hydroxylation sites is 2. The molecule has 2 heterocycles. The number of hydrogen-bond donors (Lipinski definition) is 7. The first-order valence-electron chi connectivity index (χ1n) is 16.2. The summed E-state index contributed by atoms with van der Waals surface area (Å²) in [5.41, 5.74) is 3.16. The van der Waals surface area contributed by atoms with Crippen molar-refractivity contribution in [2.24, 2.45) is 0 Å². The molecule has 7 N–H and O–H groups in total. The highest BCUT2D eigenvalue weighted by molar-refractivity contribution is 7.94. The van der Waals surface area contributed by atoms with Crippen LogP contribution < -0.4 is 31.5 Å². The lowest BCUT2D eigenvalue weighted by molar-refractivity contribution is -0.432. The van der Waals surface area contributed by atoms with Gasteiger partial charge in [-0.25, -0.2) is 5.26 Å². The van der Waals surface area contributed by atoms with Crippen LogP contribution >= 0.6 is 12.0 Å². The molecule has 2 aromatic heterocycles. The lowest BCUT2D eigenvalue weighted by Crippen LogP contribution is -2.16. The number of hydrogen-bond acceptors (Lipinski definition) is 18. The molecule has 0 saturated heterocycles. The van der Waals surface area contributed by atoms with E-state index in [1.807, 2.05) is 60.7 Å². The highest BCUT2D eigenvalue weighted by atomic mass is 32.2. The SMILES string of the molecule is CNc1nc(Nc2ccccc2)nc(Nc2ccc(/C=C/c3ccc(N(C)c4nc(NC)nc(Nc5ccccc5)n4)cc3S(=O)(=O)O)c(SOOO)c2)n1. The third kappa shape index (κ3) is 10.2. The summed E-state index contributed by atoms with van der Waals surface area (Å²) in [6, 6.07) is 28.3. The summed E-state index contributed by atoms with van der Waals surface area (Å²) in [7, 11) is 0.286.